The van der Waals surface area contributed by atoms with Gasteiger partial charge in [-0.3, -0.25) is 4.79 Å². The van der Waals surface area contributed by atoms with Crippen molar-refractivity contribution >= 4 is 28.2 Å². The number of anilines is 1. The van der Waals surface area contributed by atoms with Crippen molar-refractivity contribution in [1.82, 2.24) is 0 Å². The Morgan fingerprint density at radius 3 is 2.54 bits per heavy atom. The molecule has 2 aromatic heterocycles. The van der Waals surface area contributed by atoms with E-state index in [1.807, 2.05) is 36.6 Å². The van der Waals surface area contributed by atoms with E-state index in [4.69, 9.17) is 13.9 Å². The second-order valence-corrected chi connectivity index (χ2v) is 7.08. The number of carbonyl (C=O) groups excluding carboxylic acids is 2. The first-order valence-electron chi connectivity index (χ1n) is 8.90. The maximum Gasteiger partial charge on any atom is 0.342 e. The fraction of sp³-hybridized carbons (Fsp3) is 0.238. The summed E-state index contributed by atoms with van der Waals surface area (Å²) < 4.78 is 16.0. The number of amides is 1. The van der Waals surface area contributed by atoms with Gasteiger partial charge in [-0.25, -0.2) is 4.79 Å². The van der Waals surface area contributed by atoms with Crippen LogP contribution in [0.25, 0.3) is 11.1 Å². The largest absolute Gasteiger partial charge is 0.494 e. The van der Waals surface area contributed by atoms with Crippen LogP contribution in [0.3, 0.4) is 0 Å². The Kier molecular flexibility index (Phi) is 6.16. The molecule has 0 aliphatic carbocycles. The van der Waals surface area contributed by atoms with Crippen LogP contribution in [-0.4, -0.2) is 24.6 Å². The predicted molar refractivity (Wildman–Crippen MR) is 108 cm³/mol. The van der Waals surface area contributed by atoms with E-state index in [1.165, 1.54) is 17.6 Å². The molecule has 2 heterocycles. The number of ether oxygens (including phenoxy) is 2. The van der Waals surface area contributed by atoms with Crippen molar-refractivity contribution in [3.05, 3.63) is 59.4 Å². The van der Waals surface area contributed by atoms with Crippen molar-refractivity contribution < 1.29 is 23.5 Å². The molecule has 28 heavy (non-hydrogen) atoms. The molecule has 0 unspecified atom stereocenters. The van der Waals surface area contributed by atoms with Crippen molar-refractivity contribution in [3.8, 4) is 16.9 Å². The number of thiophene rings is 1. The third kappa shape index (κ3) is 4.43. The lowest BCUT2D eigenvalue weighted by Gasteiger charge is -2.11. The Labute approximate surface area is 167 Å². The Morgan fingerprint density at radius 2 is 1.93 bits per heavy atom. The smallest absolute Gasteiger partial charge is 0.342 e. The summed E-state index contributed by atoms with van der Waals surface area (Å²) in [6, 6.07) is 10.6. The van der Waals surface area contributed by atoms with Gasteiger partial charge in [-0.1, -0.05) is 12.1 Å². The predicted octanol–water partition coefficient (Wildman–Crippen LogP) is 5.22. The van der Waals surface area contributed by atoms with Gasteiger partial charge in [0.2, 0.25) is 0 Å². The minimum Gasteiger partial charge on any atom is -0.494 e. The number of hydrogen-bond donors (Lipinski definition) is 1. The lowest BCUT2D eigenvalue weighted by Crippen LogP contribution is -2.16. The van der Waals surface area contributed by atoms with Crippen LogP contribution >= 0.6 is 11.3 Å². The highest BCUT2D eigenvalue weighted by molar-refractivity contribution is 7.15. The van der Waals surface area contributed by atoms with E-state index in [-0.39, 0.29) is 11.9 Å². The minimum absolute atomic E-state index is 0.166. The average Bonchev–Trinajstić information content (AvgIpc) is 3.32. The standard InChI is InChI=1S/C21H21NO5S/c1-4-25-15-9-7-14(8-10-15)16-12-28-20(18(16)21(24)27-13(2)3)22-19(23)17-6-5-11-26-17/h5-13H,4H2,1-3H3,(H,22,23). The third-order valence-electron chi connectivity index (χ3n) is 3.79. The summed E-state index contributed by atoms with van der Waals surface area (Å²) in [7, 11) is 0. The molecule has 0 radical (unpaired) electrons. The molecule has 1 amide bonds. The average molecular weight is 399 g/mol. The molecule has 0 spiro atoms. The molecule has 6 nitrogen and oxygen atoms in total. The Morgan fingerprint density at radius 1 is 1.18 bits per heavy atom. The van der Waals surface area contributed by atoms with Crippen molar-refractivity contribution in [2.24, 2.45) is 0 Å². The van der Waals surface area contributed by atoms with Crippen LogP contribution in [0.2, 0.25) is 0 Å². The van der Waals surface area contributed by atoms with E-state index < -0.39 is 11.9 Å². The molecule has 3 rings (SSSR count). The summed E-state index contributed by atoms with van der Waals surface area (Å²) in [5.74, 6) is -0.00287. The van der Waals surface area contributed by atoms with Gasteiger partial charge in [-0.15, -0.1) is 11.3 Å². The fourth-order valence-electron chi connectivity index (χ4n) is 2.61. The van der Waals surface area contributed by atoms with Crippen LogP contribution in [0.15, 0.2) is 52.5 Å². The number of rotatable bonds is 7. The number of nitrogens with one attached hydrogen (secondary N) is 1. The van der Waals surface area contributed by atoms with Gasteiger partial charge in [0, 0.05) is 10.9 Å². The van der Waals surface area contributed by atoms with Crippen LogP contribution in [0.4, 0.5) is 5.00 Å². The van der Waals surface area contributed by atoms with E-state index >= 15 is 0 Å². The summed E-state index contributed by atoms with van der Waals surface area (Å²) in [6.07, 6.45) is 1.14. The van der Waals surface area contributed by atoms with E-state index in [2.05, 4.69) is 5.32 Å². The summed E-state index contributed by atoms with van der Waals surface area (Å²) in [6.45, 7) is 6.05. The second-order valence-electron chi connectivity index (χ2n) is 6.20. The summed E-state index contributed by atoms with van der Waals surface area (Å²) in [5.41, 5.74) is 1.84. The van der Waals surface area contributed by atoms with Gasteiger partial charge >= 0.3 is 5.97 Å². The molecule has 0 aliphatic heterocycles. The quantitative estimate of drug-likeness (QED) is 0.551. The number of carbonyl (C=O) groups is 2. The molecular weight excluding hydrogens is 378 g/mol. The maximum absolute atomic E-state index is 12.8. The molecule has 3 aromatic rings. The van der Waals surface area contributed by atoms with Crippen molar-refractivity contribution in [2.75, 3.05) is 11.9 Å². The number of hydrogen-bond acceptors (Lipinski definition) is 6. The molecular formula is C21H21NO5S. The summed E-state index contributed by atoms with van der Waals surface area (Å²) in [4.78, 5) is 25.1. The van der Waals surface area contributed by atoms with Gasteiger partial charge < -0.3 is 19.2 Å². The van der Waals surface area contributed by atoms with Crippen LogP contribution in [0, 0.1) is 0 Å². The normalized spacial score (nSPS) is 10.7. The number of benzene rings is 1. The van der Waals surface area contributed by atoms with E-state index in [9.17, 15) is 9.59 Å². The Hall–Kier alpha value is -3.06. The van der Waals surface area contributed by atoms with Crippen molar-refractivity contribution in [1.29, 1.82) is 0 Å². The molecule has 0 fully saturated rings. The molecule has 7 heteroatoms. The monoisotopic (exact) mass is 399 g/mol. The zero-order valence-corrected chi connectivity index (χ0v) is 16.7. The number of esters is 1. The van der Waals surface area contributed by atoms with Gasteiger partial charge in [0.05, 0.1) is 19.0 Å². The first-order chi connectivity index (χ1) is 13.5. The summed E-state index contributed by atoms with van der Waals surface area (Å²) >= 11 is 1.26. The number of furan rings is 1. The molecule has 0 saturated heterocycles. The highest BCUT2D eigenvalue weighted by Gasteiger charge is 2.24. The van der Waals surface area contributed by atoms with Crippen LogP contribution in [0.1, 0.15) is 41.7 Å². The van der Waals surface area contributed by atoms with Gasteiger partial charge in [-0.2, -0.15) is 0 Å². The minimum atomic E-state index is -0.491. The van der Waals surface area contributed by atoms with Crippen LogP contribution in [-0.2, 0) is 4.74 Å². The molecule has 1 N–H and O–H groups in total. The van der Waals surface area contributed by atoms with Crippen molar-refractivity contribution in [2.45, 2.75) is 26.9 Å². The zero-order chi connectivity index (χ0) is 20.1. The molecule has 1 aromatic carbocycles. The highest BCUT2D eigenvalue weighted by Crippen LogP contribution is 2.37. The van der Waals surface area contributed by atoms with E-state index in [1.54, 1.807) is 26.0 Å². The Balaban J connectivity index is 1.96. The first-order valence-corrected chi connectivity index (χ1v) is 9.78. The van der Waals surface area contributed by atoms with Gasteiger partial charge in [-0.05, 0) is 50.6 Å². The van der Waals surface area contributed by atoms with Gasteiger partial charge in [0.25, 0.3) is 5.91 Å². The van der Waals surface area contributed by atoms with E-state index in [0.717, 1.165) is 11.3 Å². The van der Waals surface area contributed by atoms with Crippen LogP contribution in [0.5, 0.6) is 5.75 Å². The lowest BCUT2D eigenvalue weighted by atomic mass is 10.0. The zero-order valence-electron chi connectivity index (χ0n) is 15.9. The van der Waals surface area contributed by atoms with Gasteiger partial charge in [0.15, 0.2) is 5.76 Å². The highest BCUT2D eigenvalue weighted by atomic mass is 32.1. The topological polar surface area (TPSA) is 77.8 Å². The lowest BCUT2D eigenvalue weighted by molar-refractivity contribution is 0.0380. The maximum atomic E-state index is 12.8. The van der Waals surface area contributed by atoms with Gasteiger partial charge in [0.1, 0.15) is 16.3 Å². The molecule has 0 aliphatic rings. The molecule has 146 valence electrons. The first kappa shape index (κ1) is 19.7. The van der Waals surface area contributed by atoms with E-state index in [0.29, 0.717) is 22.7 Å². The van der Waals surface area contributed by atoms with Crippen LogP contribution < -0.4 is 10.1 Å². The summed E-state index contributed by atoms with van der Waals surface area (Å²) in [5, 5.41) is 4.99. The Bertz CT molecular complexity index is 942. The third-order valence-corrected chi connectivity index (χ3v) is 4.68. The SMILES string of the molecule is CCOc1ccc(-c2csc(NC(=O)c3ccco3)c2C(=O)OC(C)C)cc1. The molecule has 0 atom stereocenters. The fourth-order valence-corrected chi connectivity index (χ4v) is 3.56. The molecule has 0 saturated carbocycles. The van der Waals surface area contributed by atoms with Crippen molar-refractivity contribution in [3.63, 3.8) is 0 Å². The molecule has 0 bridgehead atoms. The second kappa shape index (κ2) is 8.75.